The monoisotopic (exact) mass is 334 g/mol. The third-order valence-corrected chi connectivity index (χ3v) is 3.00. The number of benzene rings is 1. The number of alkyl halides is 3. The van der Waals surface area contributed by atoms with Crippen LogP contribution in [-0.2, 0) is 16.2 Å². The molecule has 0 saturated heterocycles. The standard InChI is InChI=1S/C11H9F3N4O3S/c1-22(20,21)16-10(19)9-6-18(17-15-9)8-4-2-3-7(5-8)11(12,13)14/h2-6H,1H3,(H,16,19). The lowest BCUT2D eigenvalue weighted by Crippen LogP contribution is -2.29. The van der Waals surface area contributed by atoms with Gasteiger partial charge in [-0.25, -0.2) is 17.8 Å². The number of nitrogens with one attached hydrogen (secondary N) is 1. The summed E-state index contributed by atoms with van der Waals surface area (Å²) in [6.07, 6.45) is -2.72. The minimum atomic E-state index is -4.52. The molecule has 1 amide bonds. The summed E-state index contributed by atoms with van der Waals surface area (Å²) in [4.78, 5) is 11.5. The van der Waals surface area contributed by atoms with Gasteiger partial charge in [0.05, 0.1) is 23.7 Å². The van der Waals surface area contributed by atoms with Crippen molar-refractivity contribution in [3.8, 4) is 5.69 Å². The normalized spacial score (nSPS) is 12.2. The molecule has 0 aliphatic heterocycles. The van der Waals surface area contributed by atoms with Gasteiger partial charge in [-0.05, 0) is 18.2 Å². The molecular weight excluding hydrogens is 325 g/mol. The van der Waals surface area contributed by atoms with Gasteiger partial charge in [0.25, 0.3) is 5.91 Å². The maximum Gasteiger partial charge on any atom is 0.416 e. The molecular formula is C11H9F3N4O3S. The Bertz CT molecular complexity index is 814. The highest BCUT2D eigenvalue weighted by Gasteiger charge is 2.30. The Hall–Kier alpha value is -2.43. The smallest absolute Gasteiger partial charge is 0.266 e. The lowest BCUT2D eigenvalue weighted by Gasteiger charge is -2.07. The van der Waals surface area contributed by atoms with Gasteiger partial charge in [0.2, 0.25) is 10.0 Å². The number of carbonyl (C=O) groups excluding carboxylic acids is 1. The summed E-state index contributed by atoms with van der Waals surface area (Å²) in [6, 6.07) is 4.23. The summed E-state index contributed by atoms with van der Waals surface area (Å²) in [5.74, 6) is -1.03. The Morgan fingerprint density at radius 3 is 2.59 bits per heavy atom. The van der Waals surface area contributed by atoms with Crippen molar-refractivity contribution < 1.29 is 26.4 Å². The predicted molar refractivity (Wildman–Crippen MR) is 68.7 cm³/mol. The molecule has 2 rings (SSSR count). The molecule has 0 bridgehead atoms. The van der Waals surface area contributed by atoms with Crippen LogP contribution in [0.1, 0.15) is 16.1 Å². The number of hydrogen-bond acceptors (Lipinski definition) is 5. The predicted octanol–water partition coefficient (Wildman–Crippen LogP) is 0.975. The Labute approximate surface area is 122 Å². The van der Waals surface area contributed by atoms with Crippen molar-refractivity contribution in [1.82, 2.24) is 19.7 Å². The molecule has 0 atom stereocenters. The largest absolute Gasteiger partial charge is 0.416 e. The average Bonchev–Trinajstić information content (AvgIpc) is 2.85. The zero-order valence-corrected chi connectivity index (χ0v) is 11.8. The molecule has 1 heterocycles. The van der Waals surface area contributed by atoms with Gasteiger partial charge < -0.3 is 0 Å². The minimum Gasteiger partial charge on any atom is -0.266 e. The highest BCUT2D eigenvalue weighted by atomic mass is 32.2. The Kier molecular flexibility index (Phi) is 3.92. The van der Waals surface area contributed by atoms with E-state index in [4.69, 9.17) is 0 Å². The molecule has 0 fully saturated rings. The topological polar surface area (TPSA) is 94.0 Å². The van der Waals surface area contributed by atoms with Crippen LogP contribution in [0.2, 0.25) is 0 Å². The minimum absolute atomic E-state index is 0.0285. The van der Waals surface area contributed by atoms with Crippen LogP contribution in [-0.4, -0.2) is 35.6 Å². The summed E-state index contributed by atoms with van der Waals surface area (Å²) in [6.45, 7) is 0. The lowest BCUT2D eigenvalue weighted by molar-refractivity contribution is -0.137. The SMILES string of the molecule is CS(=O)(=O)NC(=O)c1cn(-c2cccc(C(F)(F)F)c2)nn1. The Morgan fingerprint density at radius 1 is 1.32 bits per heavy atom. The summed E-state index contributed by atoms with van der Waals surface area (Å²) in [5, 5.41) is 6.93. The van der Waals surface area contributed by atoms with Crippen LogP contribution in [0.25, 0.3) is 5.69 Å². The molecule has 2 aromatic rings. The maximum absolute atomic E-state index is 12.6. The van der Waals surface area contributed by atoms with Crippen LogP contribution < -0.4 is 4.72 Å². The number of nitrogens with zero attached hydrogens (tertiary/aromatic N) is 3. The van der Waals surface area contributed by atoms with E-state index in [0.717, 1.165) is 29.3 Å². The second kappa shape index (κ2) is 5.40. The lowest BCUT2D eigenvalue weighted by atomic mass is 10.2. The van der Waals surface area contributed by atoms with Gasteiger partial charge in [-0.3, -0.25) is 4.79 Å². The second-order valence-corrected chi connectivity index (χ2v) is 6.05. The highest BCUT2D eigenvalue weighted by Crippen LogP contribution is 2.30. The molecule has 118 valence electrons. The summed E-state index contributed by atoms with van der Waals surface area (Å²) < 4.78 is 62.4. The Morgan fingerprint density at radius 2 is 2.00 bits per heavy atom. The van der Waals surface area contributed by atoms with Crippen LogP contribution in [0, 0.1) is 0 Å². The van der Waals surface area contributed by atoms with Gasteiger partial charge in [-0.1, -0.05) is 11.3 Å². The molecule has 0 aliphatic carbocycles. The quantitative estimate of drug-likeness (QED) is 0.903. The van der Waals surface area contributed by atoms with Crippen molar-refractivity contribution in [2.45, 2.75) is 6.18 Å². The highest BCUT2D eigenvalue weighted by molar-refractivity contribution is 7.89. The van der Waals surface area contributed by atoms with E-state index in [9.17, 15) is 26.4 Å². The zero-order chi connectivity index (χ0) is 16.5. The zero-order valence-electron chi connectivity index (χ0n) is 11.0. The van der Waals surface area contributed by atoms with E-state index in [1.807, 2.05) is 0 Å². The molecule has 1 aromatic heterocycles. The van der Waals surface area contributed by atoms with Gasteiger partial charge in [0.1, 0.15) is 0 Å². The molecule has 0 aliphatic rings. The number of aromatic nitrogens is 3. The number of halogens is 3. The first-order chi connectivity index (χ1) is 10.1. The molecule has 0 spiro atoms. The number of rotatable bonds is 3. The fourth-order valence-corrected chi connectivity index (χ4v) is 1.98. The van der Waals surface area contributed by atoms with Crippen molar-refractivity contribution in [3.63, 3.8) is 0 Å². The van der Waals surface area contributed by atoms with Crippen LogP contribution in [0.4, 0.5) is 13.2 Å². The summed E-state index contributed by atoms with van der Waals surface area (Å²) in [5.41, 5.74) is -1.20. The van der Waals surface area contributed by atoms with Crippen molar-refractivity contribution in [1.29, 1.82) is 0 Å². The van der Waals surface area contributed by atoms with Crippen molar-refractivity contribution in [3.05, 3.63) is 41.7 Å². The average molecular weight is 334 g/mol. The van der Waals surface area contributed by atoms with Crippen molar-refractivity contribution in [2.24, 2.45) is 0 Å². The molecule has 0 unspecified atom stereocenters. The third-order valence-electron chi connectivity index (χ3n) is 2.44. The fourth-order valence-electron chi connectivity index (χ4n) is 1.54. The van der Waals surface area contributed by atoms with E-state index in [1.165, 1.54) is 12.1 Å². The van der Waals surface area contributed by atoms with Gasteiger partial charge in [-0.15, -0.1) is 5.10 Å². The maximum atomic E-state index is 12.6. The first-order valence-electron chi connectivity index (χ1n) is 5.68. The molecule has 1 N–H and O–H groups in total. The van der Waals surface area contributed by atoms with E-state index >= 15 is 0 Å². The number of sulfonamides is 1. The van der Waals surface area contributed by atoms with E-state index in [-0.39, 0.29) is 11.4 Å². The molecule has 7 nitrogen and oxygen atoms in total. The van der Waals surface area contributed by atoms with E-state index in [1.54, 1.807) is 4.72 Å². The first kappa shape index (κ1) is 15.9. The van der Waals surface area contributed by atoms with Crippen LogP contribution in [0.5, 0.6) is 0 Å². The molecule has 0 saturated carbocycles. The van der Waals surface area contributed by atoms with Gasteiger partial charge in [0, 0.05) is 0 Å². The van der Waals surface area contributed by atoms with Crippen LogP contribution in [0.15, 0.2) is 30.5 Å². The second-order valence-electron chi connectivity index (χ2n) is 4.30. The van der Waals surface area contributed by atoms with Gasteiger partial charge in [-0.2, -0.15) is 13.2 Å². The van der Waals surface area contributed by atoms with E-state index < -0.39 is 27.7 Å². The van der Waals surface area contributed by atoms with Crippen molar-refractivity contribution >= 4 is 15.9 Å². The molecule has 0 radical (unpaired) electrons. The third kappa shape index (κ3) is 3.81. The fraction of sp³-hybridized carbons (Fsp3) is 0.182. The molecule has 1 aromatic carbocycles. The molecule has 11 heteroatoms. The van der Waals surface area contributed by atoms with Gasteiger partial charge >= 0.3 is 6.18 Å². The number of hydrogen-bond donors (Lipinski definition) is 1. The number of carbonyl (C=O) groups is 1. The van der Waals surface area contributed by atoms with Crippen LogP contribution >= 0.6 is 0 Å². The summed E-state index contributed by atoms with van der Waals surface area (Å²) in [7, 11) is -3.78. The summed E-state index contributed by atoms with van der Waals surface area (Å²) >= 11 is 0. The van der Waals surface area contributed by atoms with Crippen LogP contribution in [0.3, 0.4) is 0 Å². The Balaban J connectivity index is 2.31. The number of amides is 1. The molecule has 22 heavy (non-hydrogen) atoms. The van der Waals surface area contributed by atoms with Gasteiger partial charge in [0.15, 0.2) is 5.69 Å². The van der Waals surface area contributed by atoms with Crippen molar-refractivity contribution in [2.75, 3.05) is 6.26 Å². The van der Waals surface area contributed by atoms with E-state index in [2.05, 4.69) is 10.3 Å². The van der Waals surface area contributed by atoms with E-state index in [0.29, 0.717) is 0 Å². The first-order valence-corrected chi connectivity index (χ1v) is 7.57.